The number of ether oxygens (including phenoxy) is 1. The highest BCUT2D eigenvalue weighted by molar-refractivity contribution is 7.93. The molecule has 0 aromatic heterocycles. The summed E-state index contributed by atoms with van der Waals surface area (Å²) in [6.45, 7) is 2.49. The predicted molar refractivity (Wildman–Crippen MR) is 108 cm³/mol. The molecule has 1 aromatic carbocycles. The van der Waals surface area contributed by atoms with Crippen LogP contribution in [0.5, 0.6) is 0 Å². The molecule has 176 valence electrons. The van der Waals surface area contributed by atoms with Gasteiger partial charge in [0.05, 0.1) is 17.0 Å². The molecule has 0 saturated carbocycles. The van der Waals surface area contributed by atoms with Crippen LogP contribution in [0.3, 0.4) is 0 Å². The molecule has 3 saturated heterocycles. The van der Waals surface area contributed by atoms with Crippen LogP contribution >= 0.6 is 0 Å². The summed E-state index contributed by atoms with van der Waals surface area (Å²) in [5.41, 5.74) is -4.75. The quantitative estimate of drug-likeness (QED) is 0.701. The Morgan fingerprint density at radius 2 is 1.81 bits per heavy atom. The number of amides is 3. The van der Waals surface area contributed by atoms with E-state index in [0.717, 1.165) is 30.5 Å². The van der Waals surface area contributed by atoms with Gasteiger partial charge in [-0.3, -0.25) is 4.79 Å². The second-order valence-electron chi connectivity index (χ2n) is 8.74. The van der Waals surface area contributed by atoms with Gasteiger partial charge in [0.1, 0.15) is 6.61 Å². The second kappa shape index (κ2) is 8.22. The van der Waals surface area contributed by atoms with Crippen LogP contribution in [0.2, 0.25) is 0 Å². The van der Waals surface area contributed by atoms with Gasteiger partial charge < -0.3 is 19.9 Å². The number of halogens is 3. The fourth-order valence-corrected chi connectivity index (χ4v) is 5.30. The molecule has 8 nitrogen and oxygen atoms in total. The Bertz CT molecular complexity index is 983. The average Bonchev–Trinajstić information content (AvgIpc) is 2.71. The smallest absolute Gasteiger partial charge is 0.369 e. The van der Waals surface area contributed by atoms with Gasteiger partial charge >= 0.3 is 11.5 Å². The molecule has 0 radical (unpaired) electrons. The van der Waals surface area contributed by atoms with Gasteiger partial charge in [-0.2, -0.15) is 13.2 Å². The molecule has 0 aliphatic carbocycles. The molecule has 0 bridgehead atoms. The minimum Gasteiger partial charge on any atom is -0.369 e. The van der Waals surface area contributed by atoms with Crippen LogP contribution < -0.4 is 5.32 Å². The summed E-state index contributed by atoms with van der Waals surface area (Å²) in [5.74, 6) is 0.113. The minimum absolute atomic E-state index is 0.0519. The van der Waals surface area contributed by atoms with E-state index in [9.17, 15) is 27.0 Å². The van der Waals surface area contributed by atoms with Crippen LogP contribution in [-0.2, 0) is 25.7 Å². The van der Waals surface area contributed by atoms with Crippen molar-refractivity contribution in [3.05, 3.63) is 29.8 Å². The molecule has 12 heteroatoms. The first-order valence-electron chi connectivity index (χ1n) is 10.4. The van der Waals surface area contributed by atoms with E-state index in [2.05, 4.69) is 5.32 Å². The molecule has 3 fully saturated rings. The van der Waals surface area contributed by atoms with Crippen molar-refractivity contribution < 1.29 is 31.7 Å². The maximum absolute atomic E-state index is 12.8. The van der Waals surface area contributed by atoms with E-state index in [4.69, 9.17) is 9.52 Å². The van der Waals surface area contributed by atoms with E-state index in [0.29, 0.717) is 39.2 Å². The van der Waals surface area contributed by atoms with E-state index < -0.39 is 25.7 Å². The number of nitrogens with one attached hydrogen (secondary N) is 2. The second-order valence-corrected chi connectivity index (χ2v) is 10.8. The van der Waals surface area contributed by atoms with E-state index >= 15 is 0 Å². The lowest BCUT2D eigenvalue weighted by atomic mass is 9.88. The number of benzene rings is 1. The van der Waals surface area contributed by atoms with Crippen molar-refractivity contribution in [2.75, 3.05) is 39.4 Å². The number of rotatable bonds is 3. The van der Waals surface area contributed by atoms with E-state index in [1.54, 1.807) is 9.80 Å². The van der Waals surface area contributed by atoms with Crippen molar-refractivity contribution in [3.8, 4) is 0 Å². The number of morpholine rings is 1. The van der Waals surface area contributed by atoms with Crippen LogP contribution in [0, 0.1) is 10.7 Å². The molecule has 2 N–H and O–H groups in total. The molecule has 4 rings (SSSR count). The molecule has 1 atom stereocenters. The van der Waals surface area contributed by atoms with Crippen molar-refractivity contribution in [1.82, 2.24) is 15.1 Å². The topological polar surface area (TPSA) is 103 Å². The average molecular weight is 475 g/mol. The van der Waals surface area contributed by atoms with Crippen molar-refractivity contribution in [1.29, 1.82) is 4.78 Å². The SMILES string of the molecule is N=S(=O)(c1ccc(CC2CCN(C(=O)N3CC4(COCC(=O)N4)C3)CC2)cc1)C(F)(F)F. The Balaban J connectivity index is 1.26. The molecule has 3 heterocycles. The maximum Gasteiger partial charge on any atom is 0.483 e. The summed E-state index contributed by atoms with van der Waals surface area (Å²) in [4.78, 5) is 27.2. The number of hydrogen-bond acceptors (Lipinski definition) is 5. The highest BCUT2D eigenvalue weighted by atomic mass is 32.2. The number of alkyl halides is 3. The Labute approximate surface area is 184 Å². The lowest BCUT2D eigenvalue weighted by Crippen LogP contribution is -2.76. The lowest BCUT2D eigenvalue weighted by molar-refractivity contribution is -0.141. The highest BCUT2D eigenvalue weighted by Gasteiger charge is 2.49. The van der Waals surface area contributed by atoms with Gasteiger partial charge in [-0.1, -0.05) is 12.1 Å². The first-order valence-corrected chi connectivity index (χ1v) is 11.9. The Kier molecular flexibility index (Phi) is 5.86. The van der Waals surface area contributed by atoms with Crippen molar-refractivity contribution >= 4 is 21.7 Å². The predicted octanol–water partition coefficient (Wildman–Crippen LogP) is 2.19. The molecule has 1 spiro atoms. The summed E-state index contributed by atoms with van der Waals surface area (Å²) in [6, 6.07) is 5.16. The third kappa shape index (κ3) is 4.42. The van der Waals surface area contributed by atoms with Gasteiger partial charge in [-0.25, -0.2) is 13.8 Å². The van der Waals surface area contributed by atoms with E-state index in [1.807, 2.05) is 0 Å². The highest BCUT2D eigenvalue weighted by Crippen LogP contribution is 2.32. The normalized spacial score (nSPS) is 23.4. The number of carbonyl (C=O) groups is 2. The Hall–Kier alpha value is -2.34. The van der Waals surface area contributed by atoms with E-state index in [1.165, 1.54) is 12.1 Å². The fraction of sp³-hybridized carbons (Fsp3) is 0.600. The summed E-state index contributed by atoms with van der Waals surface area (Å²) >= 11 is 0. The van der Waals surface area contributed by atoms with Crippen LogP contribution in [0.4, 0.5) is 18.0 Å². The first kappa shape index (κ1) is 22.8. The molecule has 3 aliphatic rings. The van der Waals surface area contributed by atoms with Gasteiger partial charge in [0, 0.05) is 26.2 Å². The number of piperidine rings is 1. The van der Waals surface area contributed by atoms with E-state index in [-0.39, 0.29) is 24.5 Å². The zero-order valence-electron chi connectivity index (χ0n) is 17.3. The van der Waals surface area contributed by atoms with Gasteiger partial charge in [0.2, 0.25) is 5.91 Å². The number of likely N-dealkylation sites (tertiary alicyclic amines) is 2. The zero-order valence-corrected chi connectivity index (χ0v) is 18.1. The third-order valence-electron chi connectivity index (χ3n) is 6.26. The van der Waals surface area contributed by atoms with Gasteiger partial charge in [-0.15, -0.1) is 0 Å². The maximum atomic E-state index is 12.8. The van der Waals surface area contributed by atoms with Crippen LogP contribution in [0.25, 0.3) is 0 Å². The summed E-state index contributed by atoms with van der Waals surface area (Å²) in [7, 11) is -4.84. The number of urea groups is 1. The largest absolute Gasteiger partial charge is 0.483 e. The third-order valence-corrected chi connectivity index (χ3v) is 7.85. The Morgan fingerprint density at radius 1 is 1.19 bits per heavy atom. The molecule has 32 heavy (non-hydrogen) atoms. The number of hydrogen-bond donors (Lipinski definition) is 2. The van der Waals surface area contributed by atoms with Crippen LogP contribution in [0.1, 0.15) is 18.4 Å². The minimum atomic E-state index is -5.10. The molecule has 3 amide bonds. The first-order chi connectivity index (χ1) is 15.0. The van der Waals surface area contributed by atoms with Gasteiger partial charge in [-0.05, 0) is 42.9 Å². The summed E-state index contributed by atoms with van der Waals surface area (Å²) in [5, 5.41) is 2.90. The summed E-state index contributed by atoms with van der Waals surface area (Å²) in [6.07, 6.45) is 2.18. The molecule has 1 unspecified atom stereocenters. The standard InChI is InChI=1S/C20H25F3N4O4S/c21-20(22,23)32(24,30)16-3-1-14(2-4-16)9-15-5-7-26(8-6-15)18(29)27-11-19(12-27)13-31-10-17(28)25-19/h1-4,15,24H,5-13H2,(H,25,28). The van der Waals surface area contributed by atoms with Crippen LogP contribution in [0.15, 0.2) is 29.2 Å². The number of nitrogens with zero attached hydrogens (tertiary/aromatic N) is 2. The monoisotopic (exact) mass is 474 g/mol. The van der Waals surface area contributed by atoms with Crippen LogP contribution in [-0.4, -0.2) is 76.4 Å². The number of carbonyl (C=O) groups excluding carboxylic acids is 2. The molecule has 3 aliphatic heterocycles. The summed E-state index contributed by atoms with van der Waals surface area (Å²) < 4.78 is 62.5. The fourth-order valence-electron chi connectivity index (χ4n) is 4.51. The van der Waals surface area contributed by atoms with Gasteiger partial charge in [0.15, 0.2) is 9.73 Å². The zero-order chi connectivity index (χ0) is 23.1. The molecular weight excluding hydrogens is 449 g/mol. The lowest BCUT2D eigenvalue weighted by Gasteiger charge is -2.52. The molecule has 1 aromatic rings. The van der Waals surface area contributed by atoms with Gasteiger partial charge in [0.25, 0.3) is 0 Å². The molecular formula is C20H25F3N4O4S. The van der Waals surface area contributed by atoms with Crippen molar-refractivity contribution in [3.63, 3.8) is 0 Å². The Morgan fingerprint density at radius 3 is 2.38 bits per heavy atom. The van der Waals surface area contributed by atoms with Crippen molar-refractivity contribution in [2.24, 2.45) is 5.92 Å². The van der Waals surface area contributed by atoms with Crippen molar-refractivity contribution in [2.45, 2.75) is 35.2 Å².